The van der Waals surface area contributed by atoms with E-state index in [4.69, 9.17) is 4.74 Å². The monoisotopic (exact) mass is 366 g/mol. The van der Waals surface area contributed by atoms with Gasteiger partial charge in [-0.15, -0.1) is 11.3 Å². The zero-order valence-electron chi connectivity index (χ0n) is 14.4. The lowest BCUT2D eigenvalue weighted by molar-refractivity contribution is -0.154. The van der Waals surface area contributed by atoms with Crippen LogP contribution in [0.5, 0.6) is 0 Å². The molecular formula is C16H22N4O2S2. The van der Waals surface area contributed by atoms with Crippen molar-refractivity contribution in [2.24, 2.45) is 11.3 Å². The van der Waals surface area contributed by atoms with Crippen LogP contribution < -0.4 is 4.90 Å². The highest BCUT2D eigenvalue weighted by molar-refractivity contribution is 8.00. The molecule has 0 aliphatic carbocycles. The first-order valence-electron chi connectivity index (χ1n) is 7.96. The number of carbonyl (C=O) groups is 1. The van der Waals surface area contributed by atoms with Gasteiger partial charge >= 0.3 is 5.97 Å². The minimum Gasteiger partial charge on any atom is -0.469 e. The number of anilines is 1. The number of aromatic nitrogens is 3. The molecule has 1 fully saturated rings. The Kier molecular flexibility index (Phi) is 4.96. The number of methoxy groups -OCH3 is 1. The maximum absolute atomic E-state index is 12.2. The Labute approximate surface area is 150 Å². The van der Waals surface area contributed by atoms with Crippen LogP contribution in [0, 0.1) is 11.3 Å². The molecule has 0 radical (unpaired) electrons. The van der Waals surface area contributed by atoms with E-state index in [2.05, 4.69) is 19.9 Å². The van der Waals surface area contributed by atoms with Crippen LogP contribution in [0.4, 0.5) is 5.82 Å². The molecule has 1 atom stereocenters. The maximum atomic E-state index is 12.2. The topological polar surface area (TPSA) is 68.2 Å². The molecule has 2 aromatic heterocycles. The molecular weight excluding hydrogens is 344 g/mol. The Balaban J connectivity index is 1.90. The number of carbonyl (C=O) groups excluding carboxylic acids is 1. The number of hydrogen-bond acceptors (Lipinski definition) is 8. The van der Waals surface area contributed by atoms with Gasteiger partial charge in [-0.2, -0.15) is 0 Å². The number of esters is 1. The Morgan fingerprint density at radius 1 is 1.46 bits per heavy atom. The SMILES string of the molecule is COC(=O)C(C)(C)C1CCCN(c2ncnc3nc(SC)sc23)C1. The summed E-state index contributed by atoms with van der Waals surface area (Å²) in [5.74, 6) is 1.02. The first-order valence-corrected chi connectivity index (χ1v) is 10.0. The third-order valence-corrected chi connectivity index (χ3v) is 6.81. The summed E-state index contributed by atoms with van der Waals surface area (Å²) in [7, 11) is 1.46. The maximum Gasteiger partial charge on any atom is 0.311 e. The van der Waals surface area contributed by atoms with Gasteiger partial charge in [-0.25, -0.2) is 15.0 Å². The number of nitrogens with zero attached hydrogens (tertiary/aromatic N) is 4. The van der Waals surface area contributed by atoms with Gasteiger partial charge in [0.15, 0.2) is 15.8 Å². The number of thioether (sulfide) groups is 1. The minimum absolute atomic E-state index is 0.148. The molecule has 3 heterocycles. The molecule has 0 amide bonds. The van der Waals surface area contributed by atoms with Crippen molar-refractivity contribution in [3.8, 4) is 0 Å². The molecule has 130 valence electrons. The van der Waals surface area contributed by atoms with Crippen molar-refractivity contribution >= 4 is 45.2 Å². The predicted molar refractivity (Wildman–Crippen MR) is 97.7 cm³/mol. The van der Waals surface area contributed by atoms with E-state index in [1.54, 1.807) is 29.4 Å². The number of hydrogen-bond donors (Lipinski definition) is 0. The van der Waals surface area contributed by atoms with E-state index in [1.807, 2.05) is 20.1 Å². The first-order chi connectivity index (χ1) is 11.5. The lowest BCUT2D eigenvalue weighted by Crippen LogP contribution is -2.45. The summed E-state index contributed by atoms with van der Waals surface area (Å²) in [5.41, 5.74) is 0.251. The lowest BCUT2D eigenvalue weighted by atomic mass is 9.74. The molecule has 0 bridgehead atoms. The summed E-state index contributed by atoms with van der Waals surface area (Å²) in [6, 6.07) is 0. The molecule has 24 heavy (non-hydrogen) atoms. The number of piperidine rings is 1. The van der Waals surface area contributed by atoms with Crippen molar-refractivity contribution in [3.05, 3.63) is 6.33 Å². The summed E-state index contributed by atoms with van der Waals surface area (Å²) < 4.78 is 7.03. The second kappa shape index (κ2) is 6.84. The van der Waals surface area contributed by atoms with Crippen LogP contribution in [0.1, 0.15) is 26.7 Å². The zero-order chi connectivity index (χ0) is 17.3. The smallest absolute Gasteiger partial charge is 0.311 e. The second-order valence-corrected chi connectivity index (χ2v) is 8.58. The quantitative estimate of drug-likeness (QED) is 0.608. The van der Waals surface area contributed by atoms with Gasteiger partial charge in [-0.05, 0) is 38.9 Å². The molecule has 1 aliphatic heterocycles. The Morgan fingerprint density at radius 3 is 2.96 bits per heavy atom. The van der Waals surface area contributed by atoms with Crippen LogP contribution >= 0.6 is 23.1 Å². The van der Waals surface area contributed by atoms with Gasteiger partial charge in [-0.3, -0.25) is 4.79 Å². The molecule has 3 rings (SSSR count). The summed E-state index contributed by atoms with van der Waals surface area (Å²) in [5, 5.41) is 0. The molecule has 0 N–H and O–H groups in total. The van der Waals surface area contributed by atoms with Crippen molar-refractivity contribution in [2.45, 2.75) is 31.0 Å². The summed E-state index contributed by atoms with van der Waals surface area (Å²) >= 11 is 3.25. The average Bonchev–Trinajstić information content (AvgIpc) is 3.04. The van der Waals surface area contributed by atoms with E-state index < -0.39 is 5.41 Å². The lowest BCUT2D eigenvalue weighted by Gasteiger charge is -2.40. The van der Waals surface area contributed by atoms with E-state index in [0.29, 0.717) is 0 Å². The van der Waals surface area contributed by atoms with Crippen LogP contribution in [0.3, 0.4) is 0 Å². The van der Waals surface area contributed by atoms with E-state index in [9.17, 15) is 4.79 Å². The van der Waals surface area contributed by atoms with Gasteiger partial charge in [0.25, 0.3) is 0 Å². The van der Waals surface area contributed by atoms with Gasteiger partial charge in [-0.1, -0.05) is 11.8 Å². The minimum atomic E-state index is -0.502. The largest absolute Gasteiger partial charge is 0.469 e. The van der Waals surface area contributed by atoms with Crippen molar-refractivity contribution in [1.29, 1.82) is 0 Å². The number of ether oxygens (including phenoxy) is 1. The molecule has 1 aliphatic rings. The normalized spacial score (nSPS) is 18.8. The Hall–Kier alpha value is -1.41. The van der Waals surface area contributed by atoms with E-state index in [-0.39, 0.29) is 11.9 Å². The molecule has 1 unspecified atom stereocenters. The van der Waals surface area contributed by atoms with Crippen molar-refractivity contribution in [1.82, 2.24) is 15.0 Å². The summed E-state index contributed by atoms with van der Waals surface area (Å²) in [4.78, 5) is 27.8. The standard InChI is InChI=1S/C16H22N4O2S2/c1-16(2,14(21)22-3)10-6-5-7-20(8-10)13-11-12(17-9-18-13)19-15(23-4)24-11/h9-10H,5-8H2,1-4H3. The van der Waals surface area contributed by atoms with E-state index in [1.165, 1.54) is 7.11 Å². The molecule has 0 spiro atoms. The van der Waals surface area contributed by atoms with Crippen LogP contribution in [0.15, 0.2) is 10.7 Å². The van der Waals surface area contributed by atoms with Gasteiger partial charge < -0.3 is 9.64 Å². The highest BCUT2D eigenvalue weighted by Crippen LogP contribution is 2.39. The van der Waals surface area contributed by atoms with Crippen LogP contribution in [-0.4, -0.2) is 47.4 Å². The van der Waals surface area contributed by atoms with Crippen LogP contribution in [-0.2, 0) is 9.53 Å². The molecule has 6 nitrogen and oxygen atoms in total. The van der Waals surface area contributed by atoms with Gasteiger partial charge in [0, 0.05) is 13.1 Å². The van der Waals surface area contributed by atoms with Crippen LogP contribution in [0.25, 0.3) is 10.3 Å². The van der Waals surface area contributed by atoms with Crippen molar-refractivity contribution in [2.75, 3.05) is 31.4 Å². The number of rotatable bonds is 4. The second-order valence-electron chi connectivity index (χ2n) is 6.53. The summed E-state index contributed by atoms with van der Waals surface area (Å²) in [6.45, 7) is 5.68. The number of thiazole rings is 1. The molecule has 8 heteroatoms. The first kappa shape index (κ1) is 17.4. The molecule has 1 saturated heterocycles. The predicted octanol–water partition coefficient (Wildman–Crippen LogP) is 3.22. The Morgan fingerprint density at radius 2 is 2.25 bits per heavy atom. The fourth-order valence-electron chi connectivity index (χ4n) is 3.22. The summed E-state index contributed by atoms with van der Waals surface area (Å²) in [6.07, 6.45) is 5.65. The molecule has 2 aromatic rings. The van der Waals surface area contributed by atoms with Gasteiger partial charge in [0.1, 0.15) is 11.0 Å². The molecule has 0 aromatic carbocycles. The van der Waals surface area contributed by atoms with E-state index in [0.717, 1.165) is 46.4 Å². The van der Waals surface area contributed by atoms with Gasteiger partial charge in [0.2, 0.25) is 0 Å². The fourth-order valence-corrected chi connectivity index (χ4v) is 4.75. The van der Waals surface area contributed by atoms with Crippen LogP contribution in [0.2, 0.25) is 0 Å². The number of fused-ring (bicyclic) bond motifs is 1. The third-order valence-electron chi connectivity index (χ3n) is 4.78. The van der Waals surface area contributed by atoms with Gasteiger partial charge in [0.05, 0.1) is 12.5 Å². The van der Waals surface area contributed by atoms with Crippen molar-refractivity contribution < 1.29 is 9.53 Å². The Bertz CT molecular complexity index is 747. The fraction of sp³-hybridized carbons (Fsp3) is 0.625. The van der Waals surface area contributed by atoms with Crippen molar-refractivity contribution in [3.63, 3.8) is 0 Å². The highest BCUT2D eigenvalue weighted by atomic mass is 32.2. The average molecular weight is 367 g/mol. The zero-order valence-corrected chi connectivity index (χ0v) is 16.0. The molecule has 0 saturated carbocycles. The highest BCUT2D eigenvalue weighted by Gasteiger charge is 2.40. The third kappa shape index (κ3) is 3.09. The van der Waals surface area contributed by atoms with E-state index >= 15 is 0 Å².